The third-order valence-corrected chi connectivity index (χ3v) is 6.69. The van der Waals surface area contributed by atoms with Crippen molar-refractivity contribution in [2.75, 3.05) is 0 Å². The molecule has 1 aliphatic rings. The van der Waals surface area contributed by atoms with Gasteiger partial charge in [-0.3, -0.25) is 4.79 Å². The maximum absolute atomic E-state index is 13.3. The van der Waals surface area contributed by atoms with Gasteiger partial charge in [0.15, 0.2) is 0 Å². The molecule has 0 fully saturated rings. The lowest BCUT2D eigenvalue weighted by Crippen LogP contribution is -2.51. The molecule has 4 rings (SSSR count). The van der Waals surface area contributed by atoms with E-state index >= 15 is 0 Å². The fourth-order valence-electron chi connectivity index (χ4n) is 4.07. The quantitative estimate of drug-likeness (QED) is 0.533. The van der Waals surface area contributed by atoms with Crippen LogP contribution in [0.15, 0.2) is 66.7 Å². The molecule has 0 saturated heterocycles. The van der Waals surface area contributed by atoms with Crippen LogP contribution in [0.2, 0.25) is 0 Å². The minimum Gasteiger partial charge on any atom is -0.444 e. The third kappa shape index (κ3) is 6.23. The Bertz CT molecular complexity index is 1090. The highest BCUT2D eigenvalue weighted by Crippen LogP contribution is 2.29. The van der Waals surface area contributed by atoms with E-state index in [1.165, 1.54) is 11.1 Å². The van der Waals surface area contributed by atoms with Crippen molar-refractivity contribution in [1.82, 2.24) is 10.6 Å². The van der Waals surface area contributed by atoms with Gasteiger partial charge < -0.3 is 15.4 Å². The first-order valence-corrected chi connectivity index (χ1v) is 12.1. The summed E-state index contributed by atoms with van der Waals surface area (Å²) in [5, 5.41) is 5.95. The average Bonchev–Trinajstić information content (AvgIpc) is 3.39. The molecule has 0 radical (unpaired) electrons. The molecular formula is C27H30N2O3S. The summed E-state index contributed by atoms with van der Waals surface area (Å²) in [6, 6.07) is 21.8. The predicted octanol–water partition coefficient (Wildman–Crippen LogP) is 5.13. The number of fused-ring (bicyclic) bond motifs is 1. The van der Waals surface area contributed by atoms with E-state index in [0.29, 0.717) is 6.42 Å². The Hall–Kier alpha value is -3.12. The number of hydrogen-bond donors (Lipinski definition) is 2. The molecule has 1 atom stereocenters. The van der Waals surface area contributed by atoms with Crippen LogP contribution in [0.3, 0.4) is 0 Å². The Balaban J connectivity index is 1.46. The van der Waals surface area contributed by atoms with Gasteiger partial charge in [-0.05, 0) is 62.4 Å². The largest absolute Gasteiger partial charge is 0.444 e. The molecule has 0 saturated carbocycles. The lowest BCUT2D eigenvalue weighted by Gasteiger charge is -2.24. The van der Waals surface area contributed by atoms with E-state index in [2.05, 4.69) is 41.0 Å². The molecule has 1 aromatic heterocycles. The van der Waals surface area contributed by atoms with Gasteiger partial charge in [-0.2, -0.15) is 0 Å². The van der Waals surface area contributed by atoms with Gasteiger partial charge in [0.2, 0.25) is 5.91 Å². The maximum atomic E-state index is 13.3. The SMILES string of the molecule is CC(C)(C)OC(=O)N[C@@H](Cc1ccc(-c2ccccc2)s1)C(=O)NC1Cc2ccccc2C1. The van der Waals surface area contributed by atoms with Crippen LogP contribution in [0, 0.1) is 0 Å². The zero-order chi connectivity index (χ0) is 23.4. The summed E-state index contributed by atoms with van der Waals surface area (Å²) in [7, 11) is 0. The van der Waals surface area contributed by atoms with Crippen molar-refractivity contribution < 1.29 is 14.3 Å². The van der Waals surface area contributed by atoms with Gasteiger partial charge in [-0.15, -0.1) is 11.3 Å². The molecule has 172 valence electrons. The van der Waals surface area contributed by atoms with Crippen LogP contribution in [0.25, 0.3) is 10.4 Å². The monoisotopic (exact) mass is 462 g/mol. The first-order valence-electron chi connectivity index (χ1n) is 11.3. The summed E-state index contributed by atoms with van der Waals surface area (Å²) < 4.78 is 5.42. The van der Waals surface area contributed by atoms with Crippen molar-refractivity contribution in [1.29, 1.82) is 0 Å². The van der Waals surface area contributed by atoms with Gasteiger partial charge in [0, 0.05) is 22.2 Å². The summed E-state index contributed by atoms with van der Waals surface area (Å²) in [4.78, 5) is 27.9. The second-order valence-electron chi connectivity index (χ2n) is 9.42. The van der Waals surface area contributed by atoms with Crippen LogP contribution in [0.5, 0.6) is 0 Å². The number of thiophene rings is 1. The molecule has 33 heavy (non-hydrogen) atoms. The van der Waals surface area contributed by atoms with E-state index in [-0.39, 0.29) is 11.9 Å². The molecule has 1 heterocycles. The summed E-state index contributed by atoms with van der Waals surface area (Å²) in [6.45, 7) is 5.43. The van der Waals surface area contributed by atoms with E-state index in [9.17, 15) is 9.59 Å². The number of nitrogens with one attached hydrogen (secondary N) is 2. The Morgan fingerprint density at radius 2 is 1.61 bits per heavy atom. The normalized spacial score (nSPS) is 14.4. The summed E-state index contributed by atoms with van der Waals surface area (Å²) >= 11 is 1.63. The molecule has 2 N–H and O–H groups in total. The van der Waals surface area contributed by atoms with Crippen LogP contribution < -0.4 is 10.6 Å². The van der Waals surface area contributed by atoms with Crippen molar-refractivity contribution in [3.63, 3.8) is 0 Å². The third-order valence-electron chi connectivity index (χ3n) is 5.53. The minimum atomic E-state index is -0.717. The molecule has 5 nitrogen and oxygen atoms in total. The topological polar surface area (TPSA) is 67.4 Å². The van der Waals surface area contributed by atoms with E-state index in [4.69, 9.17) is 4.74 Å². The maximum Gasteiger partial charge on any atom is 0.408 e. The molecule has 0 unspecified atom stereocenters. The first-order chi connectivity index (χ1) is 15.8. The molecular weight excluding hydrogens is 432 g/mol. The van der Waals surface area contributed by atoms with Gasteiger partial charge >= 0.3 is 6.09 Å². The smallest absolute Gasteiger partial charge is 0.408 e. The average molecular weight is 463 g/mol. The molecule has 0 bridgehead atoms. The molecule has 2 aromatic carbocycles. The summed E-state index contributed by atoms with van der Waals surface area (Å²) in [5.41, 5.74) is 3.04. The van der Waals surface area contributed by atoms with Crippen LogP contribution in [0.1, 0.15) is 36.8 Å². The molecule has 0 aliphatic heterocycles. The lowest BCUT2D eigenvalue weighted by molar-refractivity contribution is -0.123. The zero-order valence-electron chi connectivity index (χ0n) is 19.3. The second-order valence-corrected chi connectivity index (χ2v) is 10.6. The van der Waals surface area contributed by atoms with E-state index < -0.39 is 17.7 Å². The Kier molecular flexibility index (Phi) is 6.84. The number of hydrogen-bond acceptors (Lipinski definition) is 4. The standard InChI is InChI=1S/C27H30N2O3S/c1-27(2,3)32-26(31)29-23(17-22-13-14-24(33-22)18-9-5-4-6-10-18)25(30)28-21-15-19-11-7-8-12-20(19)16-21/h4-14,21,23H,15-17H2,1-3H3,(H,28,30)(H,29,31)/t23-/m0/s1. The Labute approximate surface area is 199 Å². The number of benzene rings is 2. The van der Waals surface area contributed by atoms with Crippen LogP contribution in [-0.4, -0.2) is 29.7 Å². The highest BCUT2D eigenvalue weighted by molar-refractivity contribution is 7.15. The number of ether oxygens (including phenoxy) is 1. The molecule has 2 amide bonds. The summed E-state index contributed by atoms with van der Waals surface area (Å²) in [5.74, 6) is -0.187. The molecule has 0 spiro atoms. The Morgan fingerprint density at radius 3 is 2.24 bits per heavy atom. The van der Waals surface area contributed by atoms with Crippen LogP contribution in [0.4, 0.5) is 4.79 Å². The van der Waals surface area contributed by atoms with Gasteiger partial charge in [-0.1, -0.05) is 54.6 Å². The van der Waals surface area contributed by atoms with Crippen molar-refractivity contribution >= 4 is 23.3 Å². The van der Waals surface area contributed by atoms with Crippen molar-refractivity contribution in [3.05, 3.63) is 82.7 Å². The molecule has 3 aromatic rings. The van der Waals surface area contributed by atoms with Gasteiger partial charge in [-0.25, -0.2) is 4.79 Å². The molecule has 1 aliphatic carbocycles. The zero-order valence-corrected chi connectivity index (χ0v) is 20.1. The number of amides is 2. The van der Waals surface area contributed by atoms with Crippen molar-refractivity contribution in [3.8, 4) is 10.4 Å². The number of rotatable bonds is 6. The molecule has 6 heteroatoms. The Morgan fingerprint density at radius 1 is 0.970 bits per heavy atom. The predicted molar refractivity (Wildman–Crippen MR) is 132 cm³/mol. The second kappa shape index (κ2) is 9.79. The fraction of sp³-hybridized carbons (Fsp3) is 0.333. The minimum absolute atomic E-state index is 0.0288. The van der Waals surface area contributed by atoms with Crippen molar-refractivity contribution in [2.45, 2.75) is 57.7 Å². The van der Waals surface area contributed by atoms with E-state index in [0.717, 1.165) is 28.2 Å². The van der Waals surface area contributed by atoms with E-state index in [1.807, 2.05) is 57.2 Å². The highest BCUT2D eigenvalue weighted by Gasteiger charge is 2.29. The number of alkyl carbamates (subject to hydrolysis) is 1. The van der Waals surface area contributed by atoms with E-state index in [1.54, 1.807) is 11.3 Å². The lowest BCUT2D eigenvalue weighted by atomic mass is 10.1. The van der Waals surface area contributed by atoms with Gasteiger partial charge in [0.1, 0.15) is 11.6 Å². The van der Waals surface area contributed by atoms with Crippen LogP contribution >= 0.6 is 11.3 Å². The fourth-order valence-corrected chi connectivity index (χ4v) is 5.13. The summed E-state index contributed by atoms with van der Waals surface area (Å²) in [6.07, 6.45) is 1.43. The number of carbonyl (C=O) groups excluding carboxylic acids is 2. The van der Waals surface area contributed by atoms with Gasteiger partial charge in [0.25, 0.3) is 0 Å². The van der Waals surface area contributed by atoms with Gasteiger partial charge in [0.05, 0.1) is 0 Å². The first kappa shape index (κ1) is 23.1. The highest BCUT2D eigenvalue weighted by atomic mass is 32.1. The van der Waals surface area contributed by atoms with Crippen molar-refractivity contribution in [2.24, 2.45) is 0 Å². The number of carbonyl (C=O) groups is 2. The van der Waals surface area contributed by atoms with Crippen LogP contribution in [-0.2, 0) is 28.8 Å².